The highest BCUT2D eigenvalue weighted by Gasteiger charge is 2.25. The maximum Gasteiger partial charge on any atom is 0.251 e. The van der Waals surface area contributed by atoms with Gasteiger partial charge in [0, 0.05) is 37.4 Å². The molecule has 1 aliphatic heterocycles. The molecule has 142 valence electrons. The number of nitrogens with zero attached hydrogens (tertiary/aromatic N) is 1. The van der Waals surface area contributed by atoms with Crippen LogP contribution < -0.4 is 10.2 Å². The van der Waals surface area contributed by atoms with Crippen LogP contribution in [0, 0.1) is 5.92 Å². The summed E-state index contributed by atoms with van der Waals surface area (Å²) < 4.78 is 5.92. The predicted molar refractivity (Wildman–Crippen MR) is 102 cm³/mol. The van der Waals surface area contributed by atoms with E-state index in [9.17, 15) is 9.59 Å². The standard InChI is InChI=1S/C21H30N2O3/c1-2-26-19(16-7-3-4-8-16)12-13-22-21(25)17-9-5-10-18(15-17)23-14-6-11-20(23)24/h5,9-10,15-16,19H,2-4,6-8,11-14H2,1H3,(H,22,25)/t19-/m0/s1. The summed E-state index contributed by atoms with van der Waals surface area (Å²) in [6, 6.07) is 7.36. The summed E-state index contributed by atoms with van der Waals surface area (Å²) in [5.74, 6) is 0.690. The number of carbonyl (C=O) groups is 2. The summed E-state index contributed by atoms with van der Waals surface area (Å²) in [7, 11) is 0. The third-order valence-electron chi connectivity index (χ3n) is 5.51. The maximum atomic E-state index is 12.5. The van der Waals surface area contributed by atoms with Crippen molar-refractivity contribution in [3.8, 4) is 0 Å². The highest BCUT2D eigenvalue weighted by atomic mass is 16.5. The summed E-state index contributed by atoms with van der Waals surface area (Å²) in [5, 5.41) is 3.02. The van der Waals surface area contributed by atoms with Gasteiger partial charge in [0.2, 0.25) is 5.91 Å². The Morgan fingerprint density at radius 3 is 2.81 bits per heavy atom. The molecular weight excluding hydrogens is 328 g/mol. The molecule has 2 aliphatic rings. The molecule has 0 radical (unpaired) electrons. The van der Waals surface area contributed by atoms with E-state index < -0.39 is 0 Å². The third-order valence-corrected chi connectivity index (χ3v) is 5.51. The van der Waals surface area contributed by atoms with Gasteiger partial charge in [0.05, 0.1) is 6.10 Å². The van der Waals surface area contributed by atoms with Crippen LogP contribution in [0.2, 0.25) is 0 Å². The van der Waals surface area contributed by atoms with Crippen LogP contribution in [-0.4, -0.2) is 37.6 Å². The van der Waals surface area contributed by atoms with E-state index in [0.717, 1.165) is 31.7 Å². The number of hydrogen-bond donors (Lipinski definition) is 1. The van der Waals surface area contributed by atoms with Gasteiger partial charge in [0.25, 0.3) is 5.91 Å². The monoisotopic (exact) mass is 358 g/mol. The van der Waals surface area contributed by atoms with Crippen molar-refractivity contribution < 1.29 is 14.3 Å². The van der Waals surface area contributed by atoms with Crippen LogP contribution in [0.25, 0.3) is 0 Å². The molecule has 1 atom stereocenters. The van der Waals surface area contributed by atoms with Crippen LogP contribution >= 0.6 is 0 Å². The van der Waals surface area contributed by atoms with Crippen LogP contribution in [0.4, 0.5) is 5.69 Å². The first-order valence-corrected chi connectivity index (χ1v) is 9.99. The number of amides is 2. The van der Waals surface area contributed by atoms with Crippen molar-refractivity contribution in [2.45, 2.75) is 58.0 Å². The Labute approximate surface area is 156 Å². The quantitative estimate of drug-likeness (QED) is 0.773. The Balaban J connectivity index is 1.53. The maximum absolute atomic E-state index is 12.5. The Kier molecular flexibility index (Phi) is 6.67. The zero-order valence-corrected chi connectivity index (χ0v) is 15.7. The van der Waals surface area contributed by atoms with Gasteiger partial charge in [0.15, 0.2) is 0 Å². The van der Waals surface area contributed by atoms with Gasteiger partial charge in [-0.25, -0.2) is 0 Å². The van der Waals surface area contributed by atoms with E-state index >= 15 is 0 Å². The molecule has 2 fully saturated rings. The van der Waals surface area contributed by atoms with Crippen molar-refractivity contribution in [3.63, 3.8) is 0 Å². The van der Waals surface area contributed by atoms with E-state index in [0.29, 0.717) is 24.4 Å². The zero-order valence-electron chi connectivity index (χ0n) is 15.7. The van der Waals surface area contributed by atoms with Crippen molar-refractivity contribution in [3.05, 3.63) is 29.8 Å². The molecular formula is C21H30N2O3. The van der Waals surface area contributed by atoms with E-state index in [1.807, 2.05) is 25.1 Å². The second-order valence-corrected chi connectivity index (χ2v) is 7.28. The van der Waals surface area contributed by atoms with Crippen LogP contribution in [0.15, 0.2) is 24.3 Å². The van der Waals surface area contributed by atoms with E-state index in [4.69, 9.17) is 4.74 Å². The van der Waals surface area contributed by atoms with Crippen LogP contribution in [0.5, 0.6) is 0 Å². The van der Waals surface area contributed by atoms with Crippen molar-refractivity contribution >= 4 is 17.5 Å². The highest BCUT2D eigenvalue weighted by Crippen LogP contribution is 2.30. The Morgan fingerprint density at radius 1 is 1.31 bits per heavy atom. The fourth-order valence-corrected chi connectivity index (χ4v) is 4.16. The first-order valence-electron chi connectivity index (χ1n) is 9.99. The molecule has 2 amide bonds. The van der Waals surface area contributed by atoms with Gasteiger partial charge in [0.1, 0.15) is 0 Å². The van der Waals surface area contributed by atoms with E-state index in [-0.39, 0.29) is 17.9 Å². The molecule has 3 rings (SSSR count). The lowest BCUT2D eigenvalue weighted by molar-refractivity contribution is -0.117. The third kappa shape index (κ3) is 4.64. The first-order chi connectivity index (χ1) is 12.7. The second kappa shape index (κ2) is 9.17. The minimum Gasteiger partial charge on any atom is -0.378 e. The first kappa shape index (κ1) is 18.9. The van der Waals surface area contributed by atoms with Gasteiger partial charge in [-0.15, -0.1) is 0 Å². The fourth-order valence-electron chi connectivity index (χ4n) is 4.16. The van der Waals surface area contributed by atoms with Gasteiger partial charge in [-0.2, -0.15) is 0 Å². The predicted octanol–water partition coefficient (Wildman–Crippen LogP) is 3.53. The number of hydrogen-bond acceptors (Lipinski definition) is 3. The molecule has 1 heterocycles. The largest absolute Gasteiger partial charge is 0.378 e. The summed E-state index contributed by atoms with van der Waals surface area (Å²) in [6.45, 7) is 4.11. The van der Waals surface area contributed by atoms with Crippen LogP contribution in [0.1, 0.15) is 62.2 Å². The molecule has 1 aromatic rings. The van der Waals surface area contributed by atoms with Crippen molar-refractivity contribution in [1.82, 2.24) is 5.32 Å². The minimum atomic E-state index is -0.0832. The van der Waals surface area contributed by atoms with Gasteiger partial charge in [-0.05, 0) is 56.7 Å². The molecule has 0 aromatic heterocycles. The molecule has 5 nitrogen and oxygen atoms in total. The number of ether oxygens (including phenoxy) is 1. The van der Waals surface area contributed by atoms with Gasteiger partial charge in [-0.1, -0.05) is 18.9 Å². The zero-order chi connectivity index (χ0) is 18.4. The second-order valence-electron chi connectivity index (χ2n) is 7.28. The fraction of sp³-hybridized carbons (Fsp3) is 0.619. The van der Waals surface area contributed by atoms with E-state index in [1.54, 1.807) is 11.0 Å². The average molecular weight is 358 g/mol. The lowest BCUT2D eigenvalue weighted by Gasteiger charge is -2.23. The smallest absolute Gasteiger partial charge is 0.251 e. The molecule has 1 aliphatic carbocycles. The molecule has 5 heteroatoms. The van der Waals surface area contributed by atoms with Crippen molar-refractivity contribution in [1.29, 1.82) is 0 Å². The Bertz CT molecular complexity index is 625. The van der Waals surface area contributed by atoms with Gasteiger partial charge >= 0.3 is 0 Å². The number of nitrogens with one attached hydrogen (secondary N) is 1. The summed E-state index contributed by atoms with van der Waals surface area (Å²) in [6.07, 6.45) is 7.65. The molecule has 1 N–H and O–H groups in total. The number of carbonyl (C=O) groups excluding carboxylic acids is 2. The van der Waals surface area contributed by atoms with E-state index in [2.05, 4.69) is 5.32 Å². The molecule has 0 unspecified atom stereocenters. The van der Waals surface area contributed by atoms with E-state index in [1.165, 1.54) is 25.7 Å². The normalized spacial score (nSPS) is 19.1. The van der Waals surface area contributed by atoms with Crippen molar-refractivity contribution in [2.24, 2.45) is 5.92 Å². The SMILES string of the molecule is CCO[C@@H](CCNC(=O)c1cccc(N2CCCC2=O)c1)C1CCCC1. The number of anilines is 1. The highest BCUT2D eigenvalue weighted by molar-refractivity contribution is 5.99. The summed E-state index contributed by atoms with van der Waals surface area (Å²) >= 11 is 0. The summed E-state index contributed by atoms with van der Waals surface area (Å²) in [4.78, 5) is 26.2. The number of benzene rings is 1. The van der Waals surface area contributed by atoms with Crippen LogP contribution in [-0.2, 0) is 9.53 Å². The van der Waals surface area contributed by atoms with Gasteiger partial charge in [-0.3, -0.25) is 9.59 Å². The Morgan fingerprint density at radius 2 is 2.12 bits per heavy atom. The topological polar surface area (TPSA) is 58.6 Å². The van der Waals surface area contributed by atoms with Crippen molar-refractivity contribution in [2.75, 3.05) is 24.6 Å². The molecule has 26 heavy (non-hydrogen) atoms. The molecule has 1 saturated heterocycles. The molecule has 1 saturated carbocycles. The van der Waals surface area contributed by atoms with Gasteiger partial charge < -0.3 is 15.0 Å². The molecule has 0 spiro atoms. The molecule has 1 aromatic carbocycles. The number of rotatable bonds is 8. The lowest BCUT2D eigenvalue weighted by Crippen LogP contribution is -2.31. The molecule has 0 bridgehead atoms. The Hall–Kier alpha value is -1.88. The minimum absolute atomic E-state index is 0.0832. The lowest BCUT2D eigenvalue weighted by atomic mass is 9.98. The average Bonchev–Trinajstić information content (AvgIpc) is 3.32. The van der Waals surface area contributed by atoms with Crippen LogP contribution in [0.3, 0.4) is 0 Å². The summed E-state index contributed by atoms with van der Waals surface area (Å²) in [5.41, 5.74) is 1.43.